The van der Waals surface area contributed by atoms with Crippen LogP contribution in [0.1, 0.15) is 38.6 Å². The summed E-state index contributed by atoms with van der Waals surface area (Å²) in [5, 5.41) is 13.9. The number of hydrogen-bond acceptors (Lipinski definition) is 6. The topological polar surface area (TPSA) is 72.2 Å². The SMILES string of the molecule is CCCCOCCNc1nnc(C(C)NC)o1. The molecule has 0 saturated heterocycles. The average Bonchev–Trinajstić information content (AvgIpc) is 2.81. The van der Waals surface area contributed by atoms with Gasteiger partial charge in [0.05, 0.1) is 12.6 Å². The third-order valence-corrected chi connectivity index (χ3v) is 2.41. The summed E-state index contributed by atoms with van der Waals surface area (Å²) in [6.07, 6.45) is 2.26. The zero-order valence-corrected chi connectivity index (χ0v) is 10.8. The maximum absolute atomic E-state index is 5.41. The van der Waals surface area contributed by atoms with E-state index in [-0.39, 0.29) is 6.04 Å². The molecule has 0 amide bonds. The van der Waals surface area contributed by atoms with E-state index in [1.165, 1.54) is 0 Å². The molecule has 0 aliphatic rings. The Labute approximate surface area is 102 Å². The Morgan fingerprint density at radius 1 is 1.35 bits per heavy atom. The van der Waals surface area contributed by atoms with Crippen molar-refractivity contribution in [3.8, 4) is 0 Å². The Morgan fingerprint density at radius 2 is 2.18 bits per heavy atom. The summed E-state index contributed by atoms with van der Waals surface area (Å²) in [7, 11) is 1.85. The fourth-order valence-corrected chi connectivity index (χ4v) is 1.18. The van der Waals surface area contributed by atoms with Crippen LogP contribution in [0.3, 0.4) is 0 Å². The minimum Gasteiger partial charge on any atom is -0.406 e. The van der Waals surface area contributed by atoms with Crippen molar-refractivity contribution in [2.24, 2.45) is 0 Å². The third kappa shape index (κ3) is 5.14. The zero-order valence-electron chi connectivity index (χ0n) is 10.8. The van der Waals surface area contributed by atoms with Gasteiger partial charge in [-0.15, -0.1) is 5.10 Å². The first kappa shape index (κ1) is 13.9. The predicted molar refractivity (Wildman–Crippen MR) is 66.0 cm³/mol. The Bertz CT molecular complexity index is 303. The Balaban J connectivity index is 2.16. The maximum atomic E-state index is 5.41. The van der Waals surface area contributed by atoms with Gasteiger partial charge < -0.3 is 19.8 Å². The first-order valence-electron chi connectivity index (χ1n) is 6.10. The van der Waals surface area contributed by atoms with Gasteiger partial charge in [-0.2, -0.15) is 0 Å². The van der Waals surface area contributed by atoms with E-state index in [0.29, 0.717) is 25.1 Å². The van der Waals surface area contributed by atoms with E-state index < -0.39 is 0 Å². The first-order valence-corrected chi connectivity index (χ1v) is 6.10. The lowest BCUT2D eigenvalue weighted by Gasteiger charge is -2.04. The third-order valence-electron chi connectivity index (χ3n) is 2.41. The summed E-state index contributed by atoms with van der Waals surface area (Å²) in [6.45, 7) is 6.25. The molecule has 0 saturated carbocycles. The molecule has 6 heteroatoms. The predicted octanol–water partition coefficient (Wildman–Crippen LogP) is 1.58. The van der Waals surface area contributed by atoms with E-state index in [0.717, 1.165) is 19.4 Å². The Kier molecular flexibility index (Phi) is 6.57. The highest BCUT2D eigenvalue weighted by molar-refractivity contribution is 5.16. The average molecular weight is 242 g/mol. The molecule has 1 atom stereocenters. The summed E-state index contributed by atoms with van der Waals surface area (Å²) < 4.78 is 10.8. The van der Waals surface area contributed by atoms with Crippen LogP contribution in [-0.4, -0.2) is 37.0 Å². The lowest BCUT2D eigenvalue weighted by molar-refractivity contribution is 0.140. The molecule has 0 bridgehead atoms. The van der Waals surface area contributed by atoms with Crippen LogP contribution in [0.25, 0.3) is 0 Å². The van der Waals surface area contributed by atoms with Crippen LogP contribution in [0.5, 0.6) is 0 Å². The summed E-state index contributed by atoms with van der Waals surface area (Å²) in [5.41, 5.74) is 0. The van der Waals surface area contributed by atoms with Gasteiger partial charge in [0.2, 0.25) is 5.89 Å². The molecule has 17 heavy (non-hydrogen) atoms. The lowest BCUT2D eigenvalue weighted by atomic mass is 10.3. The summed E-state index contributed by atoms with van der Waals surface area (Å²) in [6, 6.07) is 0.514. The fourth-order valence-electron chi connectivity index (χ4n) is 1.18. The second-order valence-corrected chi connectivity index (χ2v) is 3.85. The van der Waals surface area contributed by atoms with E-state index in [4.69, 9.17) is 9.15 Å². The normalized spacial score (nSPS) is 12.6. The van der Waals surface area contributed by atoms with Crippen molar-refractivity contribution < 1.29 is 9.15 Å². The summed E-state index contributed by atoms with van der Waals surface area (Å²) in [4.78, 5) is 0. The molecule has 1 unspecified atom stereocenters. The molecule has 0 aromatic carbocycles. The van der Waals surface area contributed by atoms with Crippen molar-refractivity contribution in [1.29, 1.82) is 0 Å². The molecule has 1 aromatic rings. The van der Waals surface area contributed by atoms with Crippen molar-refractivity contribution in [3.63, 3.8) is 0 Å². The minimum atomic E-state index is 0.0684. The molecular formula is C11H22N4O2. The van der Waals surface area contributed by atoms with Gasteiger partial charge in [-0.05, 0) is 20.4 Å². The quantitative estimate of drug-likeness (QED) is 0.641. The van der Waals surface area contributed by atoms with Gasteiger partial charge in [0.25, 0.3) is 0 Å². The number of unbranched alkanes of at least 4 members (excludes halogenated alkanes) is 1. The van der Waals surface area contributed by atoms with Crippen molar-refractivity contribution in [3.05, 3.63) is 5.89 Å². The number of hydrogen-bond donors (Lipinski definition) is 2. The van der Waals surface area contributed by atoms with E-state index in [1.54, 1.807) is 0 Å². The smallest absolute Gasteiger partial charge is 0.315 e. The molecule has 6 nitrogen and oxygen atoms in total. The lowest BCUT2D eigenvalue weighted by Crippen LogP contribution is -2.12. The van der Waals surface area contributed by atoms with E-state index in [9.17, 15) is 0 Å². The standard InChI is InChI=1S/C11H22N4O2/c1-4-5-7-16-8-6-13-11-15-14-10(17-11)9(2)12-3/h9,12H,4-8H2,1-3H3,(H,13,15). The first-order chi connectivity index (χ1) is 8.27. The van der Waals surface area contributed by atoms with Crippen molar-refractivity contribution in [2.45, 2.75) is 32.7 Å². The largest absolute Gasteiger partial charge is 0.406 e. The van der Waals surface area contributed by atoms with Gasteiger partial charge in [-0.1, -0.05) is 18.4 Å². The van der Waals surface area contributed by atoms with Crippen LogP contribution in [-0.2, 0) is 4.74 Å². The van der Waals surface area contributed by atoms with Gasteiger partial charge in [0.1, 0.15) is 0 Å². The molecule has 0 aliphatic heterocycles. The van der Waals surface area contributed by atoms with Gasteiger partial charge >= 0.3 is 6.01 Å². The van der Waals surface area contributed by atoms with Crippen molar-refractivity contribution >= 4 is 6.01 Å². The molecule has 0 fully saturated rings. The van der Waals surface area contributed by atoms with Crippen LogP contribution in [0.4, 0.5) is 6.01 Å². The molecule has 2 N–H and O–H groups in total. The van der Waals surface area contributed by atoms with Crippen molar-refractivity contribution in [2.75, 3.05) is 32.1 Å². The highest BCUT2D eigenvalue weighted by atomic mass is 16.5. The fraction of sp³-hybridized carbons (Fsp3) is 0.818. The van der Waals surface area contributed by atoms with E-state index in [1.807, 2.05) is 14.0 Å². The maximum Gasteiger partial charge on any atom is 0.315 e. The number of nitrogens with one attached hydrogen (secondary N) is 2. The van der Waals surface area contributed by atoms with Crippen LogP contribution in [0.2, 0.25) is 0 Å². The molecule has 1 aromatic heterocycles. The van der Waals surface area contributed by atoms with Gasteiger partial charge in [0, 0.05) is 13.2 Å². The van der Waals surface area contributed by atoms with Crippen LogP contribution < -0.4 is 10.6 Å². The second-order valence-electron chi connectivity index (χ2n) is 3.85. The molecular weight excluding hydrogens is 220 g/mol. The Morgan fingerprint density at radius 3 is 2.88 bits per heavy atom. The second kappa shape index (κ2) is 8.03. The van der Waals surface area contributed by atoms with Gasteiger partial charge in [-0.3, -0.25) is 0 Å². The van der Waals surface area contributed by atoms with Crippen LogP contribution in [0.15, 0.2) is 4.42 Å². The highest BCUT2D eigenvalue weighted by Crippen LogP contribution is 2.12. The molecule has 0 aliphatic carbocycles. The number of aromatic nitrogens is 2. The zero-order chi connectivity index (χ0) is 12.5. The van der Waals surface area contributed by atoms with Crippen LogP contribution in [0, 0.1) is 0 Å². The minimum absolute atomic E-state index is 0.0684. The number of nitrogens with zero attached hydrogens (tertiary/aromatic N) is 2. The molecule has 0 radical (unpaired) electrons. The Hall–Kier alpha value is -1.14. The highest BCUT2D eigenvalue weighted by Gasteiger charge is 2.10. The van der Waals surface area contributed by atoms with E-state index >= 15 is 0 Å². The number of rotatable bonds is 9. The van der Waals surface area contributed by atoms with E-state index in [2.05, 4.69) is 27.8 Å². The molecule has 1 rings (SSSR count). The summed E-state index contributed by atoms with van der Waals surface area (Å²) in [5.74, 6) is 0.585. The van der Waals surface area contributed by atoms with Crippen LogP contribution >= 0.6 is 0 Å². The van der Waals surface area contributed by atoms with Crippen molar-refractivity contribution in [1.82, 2.24) is 15.5 Å². The van der Waals surface area contributed by atoms with Gasteiger partial charge in [0.15, 0.2) is 0 Å². The monoisotopic (exact) mass is 242 g/mol. The molecule has 1 heterocycles. The molecule has 0 spiro atoms. The summed E-state index contributed by atoms with van der Waals surface area (Å²) >= 11 is 0. The molecule has 98 valence electrons. The number of ether oxygens (including phenoxy) is 1. The van der Waals surface area contributed by atoms with Gasteiger partial charge in [-0.25, -0.2) is 0 Å². The number of anilines is 1.